The van der Waals surface area contributed by atoms with Gasteiger partial charge in [0.25, 0.3) is 0 Å². The van der Waals surface area contributed by atoms with Crippen molar-refractivity contribution in [1.82, 2.24) is 0 Å². The van der Waals surface area contributed by atoms with Crippen molar-refractivity contribution in [2.24, 2.45) is 0 Å². The van der Waals surface area contributed by atoms with Crippen LogP contribution in [0.4, 0.5) is 0 Å². The molecule has 0 aromatic heterocycles. The Kier molecular flexibility index (Phi) is 6.09. The maximum absolute atomic E-state index is 12.1. The van der Waals surface area contributed by atoms with Gasteiger partial charge in [-0.05, 0) is 63.1 Å². The summed E-state index contributed by atoms with van der Waals surface area (Å²) in [5, 5.41) is 11.1. The molecule has 1 N–H and O–H groups in total. The van der Waals surface area contributed by atoms with E-state index in [0.717, 1.165) is 11.1 Å². The molecule has 0 unspecified atom stereocenters. The normalized spacial score (nSPS) is 12.8. The molecule has 4 nitrogen and oxygen atoms in total. The number of hydrogen-bond donors (Lipinski definition) is 1. The topological polar surface area (TPSA) is 55.8 Å². The number of benzene rings is 2. The Hall–Kier alpha value is -2.04. The number of esters is 1. The quantitative estimate of drug-likeness (QED) is 0.767. The number of rotatable bonds is 6. The van der Waals surface area contributed by atoms with Crippen molar-refractivity contribution in [3.63, 3.8) is 0 Å². The first-order chi connectivity index (χ1) is 11.7. The second kappa shape index (κ2) is 7.89. The Morgan fingerprint density at radius 3 is 1.96 bits per heavy atom. The van der Waals surface area contributed by atoms with Crippen molar-refractivity contribution in [2.45, 2.75) is 45.5 Å². The largest absolute Gasteiger partial charge is 0.476 e. The lowest BCUT2D eigenvalue weighted by Crippen LogP contribution is -2.40. The van der Waals surface area contributed by atoms with E-state index >= 15 is 0 Å². The Morgan fingerprint density at radius 2 is 1.48 bits per heavy atom. The number of ether oxygens (including phenoxy) is 2. The summed E-state index contributed by atoms with van der Waals surface area (Å²) in [4.78, 5) is 12.1. The van der Waals surface area contributed by atoms with Crippen LogP contribution in [0.3, 0.4) is 0 Å². The van der Waals surface area contributed by atoms with Gasteiger partial charge in [0.1, 0.15) is 11.9 Å². The molecule has 134 valence electrons. The van der Waals surface area contributed by atoms with Crippen molar-refractivity contribution in [1.29, 1.82) is 0 Å². The zero-order valence-electron chi connectivity index (χ0n) is 14.8. The van der Waals surface area contributed by atoms with Crippen LogP contribution in [0.15, 0.2) is 48.5 Å². The Balaban J connectivity index is 2.09. The molecule has 0 bridgehead atoms. The third-order valence-electron chi connectivity index (χ3n) is 3.59. The second-order valence-corrected chi connectivity index (χ2v) is 7.03. The highest BCUT2D eigenvalue weighted by molar-refractivity contribution is 6.30. The first-order valence-corrected chi connectivity index (χ1v) is 8.50. The molecule has 0 spiro atoms. The zero-order chi connectivity index (χ0) is 18.6. The average Bonchev–Trinajstić information content (AvgIpc) is 2.54. The van der Waals surface area contributed by atoms with Crippen LogP contribution in [0, 0.1) is 0 Å². The molecule has 5 heteroatoms. The lowest BCUT2D eigenvalue weighted by Gasteiger charge is -2.25. The molecular weight excluding hydrogens is 340 g/mol. The van der Waals surface area contributed by atoms with Gasteiger partial charge < -0.3 is 14.6 Å². The van der Waals surface area contributed by atoms with Crippen LogP contribution >= 0.6 is 11.6 Å². The van der Waals surface area contributed by atoms with Crippen molar-refractivity contribution < 1.29 is 19.4 Å². The Labute approximate surface area is 153 Å². The molecule has 0 fully saturated rings. The minimum atomic E-state index is -1.10. The van der Waals surface area contributed by atoms with E-state index in [4.69, 9.17) is 21.1 Å². The molecule has 0 saturated heterocycles. The number of carbonyl (C=O) groups excluding carboxylic acids is 1. The summed E-state index contributed by atoms with van der Waals surface area (Å²) in [7, 11) is 0. The molecule has 0 radical (unpaired) electrons. The number of aliphatic hydroxyl groups excluding tert-OH is 1. The first kappa shape index (κ1) is 19.3. The Bertz CT molecular complexity index is 705. The molecule has 2 aromatic rings. The van der Waals surface area contributed by atoms with Gasteiger partial charge in [-0.3, -0.25) is 0 Å². The van der Waals surface area contributed by atoms with E-state index in [1.54, 1.807) is 76.2 Å². The molecule has 25 heavy (non-hydrogen) atoms. The minimum absolute atomic E-state index is 0.202. The molecule has 1 atom stereocenters. The van der Waals surface area contributed by atoms with E-state index in [-0.39, 0.29) is 6.10 Å². The first-order valence-electron chi connectivity index (χ1n) is 8.12. The third-order valence-corrected chi connectivity index (χ3v) is 3.84. The van der Waals surface area contributed by atoms with Crippen molar-refractivity contribution >= 4 is 17.6 Å². The smallest absolute Gasteiger partial charge is 0.350 e. The molecular formula is C20H23ClO4. The van der Waals surface area contributed by atoms with Crippen LogP contribution < -0.4 is 4.74 Å². The van der Waals surface area contributed by atoms with Gasteiger partial charge in [0.2, 0.25) is 0 Å². The zero-order valence-corrected chi connectivity index (χ0v) is 15.6. The summed E-state index contributed by atoms with van der Waals surface area (Å²) in [5.74, 6) is 0.102. The monoisotopic (exact) mass is 362 g/mol. The fourth-order valence-corrected chi connectivity index (χ4v) is 2.37. The van der Waals surface area contributed by atoms with E-state index in [9.17, 15) is 9.90 Å². The average molecular weight is 363 g/mol. The molecule has 2 aromatic carbocycles. The number of aliphatic hydroxyl groups is 1. The van der Waals surface area contributed by atoms with Crippen molar-refractivity contribution in [3.8, 4) is 5.75 Å². The van der Waals surface area contributed by atoms with E-state index in [1.807, 2.05) is 0 Å². The minimum Gasteiger partial charge on any atom is -0.476 e. The predicted molar refractivity (Wildman–Crippen MR) is 97.9 cm³/mol. The summed E-state index contributed by atoms with van der Waals surface area (Å²) in [6.45, 7) is 6.91. The van der Waals surface area contributed by atoms with Crippen molar-refractivity contribution in [3.05, 3.63) is 64.7 Å². The second-order valence-electron chi connectivity index (χ2n) is 6.59. The van der Waals surface area contributed by atoms with E-state index in [1.165, 1.54) is 0 Å². The molecule has 0 saturated carbocycles. The van der Waals surface area contributed by atoms with Crippen LogP contribution in [-0.2, 0) is 9.53 Å². The summed E-state index contributed by atoms with van der Waals surface area (Å²) >= 11 is 5.87. The van der Waals surface area contributed by atoms with Gasteiger partial charge in [-0.25, -0.2) is 4.79 Å². The maximum Gasteiger partial charge on any atom is 0.350 e. The van der Waals surface area contributed by atoms with Crippen LogP contribution in [0.2, 0.25) is 5.02 Å². The molecule has 0 amide bonds. The van der Waals surface area contributed by atoms with Crippen LogP contribution in [0.5, 0.6) is 5.75 Å². The highest BCUT2D eigenvalue weighted by atomic mass is 35.5. The molecule has 0 aliphatic carbocycles. The fraction of sp³-hybridized carbons (Fsp3) is 0.350. The molecule has 0 aliphatic rings. The number of halogens is 1. The number of carbonyl (C=O) groups is 1. The third kappa shape index (κ3) is 5.21. The van der Waals surface area contributed by atoms with Crippen molar-refractivity contribution in [2.75, 3.05) is 0 Å². The van der Waals surface area contributed by atoms with Gasteiger partial charge >= 0.3 is 5.97 Å². The van der Waals surface area contributed by atoms with Crippen LogP contribution in [0.1, 0.15) is 44.9 Å². The number of hydrogen-bond acceptors (Lipinski definition) is 4. The maximum atomic E-state index is 12.1. The lowest BCUT2D eigenvalue weighted by atomic mass is 10.0. The Morgan fingerprint density at radius 1 is 1.00 bits per heavy atom. The SMILES string of the molecule is CC(C)OC(=O)C(C)(C)Oc1ccc([C@@H](O)c2ccc(Cl)cc2)cc1. The molecule has 0 heterocycles. The standard InChI is InChI=1S/C20H23ClO4/c1-13(2)24-19(23)20(3,4)25-17-11-7-15(8-12-17)18(22)14-5-9-16(21)10-6-14/h5-13,18,22H,1-4H3/t18-/m0/s1. The molecule has 2 rings (SSSR count). The highest BCUT2D eigenvalue weighted by Gasteiger charge is 2.32. The summed E-state index contributed by atoms with van der Waals surface area (Å²) in [6, 6.07) is 14.0. The predicted octanol–water partition coefficient (Wildman–Crippen LogP) is 4.53. The molecule has 0 aliphatic heterocycles. The van der Waals surface area contributed by atoms with Gasteiger partial charge in [0.15, 0.2) is 5.60 Å². The van der Waals surface area contributed by atoms with Gasteiger partial charge in [-0.2, -0.15) is 0 Å². The van der Waals surface area contributed by atoms with Crippen LogP contribution in [0.25, 0.3) is 0 Å². The van der Waals surface area contributed by atoms with E-state index < -0.39 is 17.7 Å². The van der Waals surface area contributed by atoms with Gasteiger partial charge in [-0.15, -0.1) is 0 Å². The summed E-state index contributed by atoms with van der Waals surface area (Å²) in [5.41, 5.74) is 0.372. The van der Waals surface area contributed by atoms with E-state index in [2.05, 4.69) is 0 Å². The van der Waals surface area contributed by atoms with E-state index in [0.29, 0.717) is 10.8 Å². The fourth-order valence-electron chi connectivity index (χ4n) is 2.25. The van der Waals surface area contributed by atoms with Gasteiger partial charge in [0, 0.05) is 5.02 Å². The highest BCUT2D eigenvalue weighted by Crippen LogP contribution is 2.26. The van der Waals surface area contributed by atoms with Gasteiger partial charge in [-0.1, -0.05) is 35.9 Å². The van der Waals surface area contributed by atoms with Gasteiger partial charge in [0.05, 0.1) is 6.10 Å². The lowest BCUT2D eigenvalue weighted by molar-refractivity contribution is -0.163. The summed E-state index contributed by atoms with van der Waals surface area (Å²) in [6.07, 6.45) is -0.961. The summed E-state index contributed by atoms with van der Waals surface area (Å²) < 4.78 is 10.9. The van der Waals surface area contributed by atoms with Crippen LogP contribution in [-0.4, -0.2) is 22.8 Å².